The average Bonchev–Trinajstić information content (AvgIpc) is 3.30. The van der Waals surface area contributed by atoms with E-state index in [0.29, 0.717) is 12.3 Å². The van der Waals surface area contributed by atoms with Crippen LogP contribution in [0.15, 0.2) is 12.2 Å². The highest BCUT2D eigenvalue weighted by Gasteiger charge is 2.29. The van der Waals surface area contributed by atoms with Gasteiger partial charge >= 0.3 is 0 Å². The SMILES string of the molecule is CCC(=O)N[C@@H]1C=C[C@H](CC(=O)NCC2CC2)O[C@H]1CO. The van der Waals surface area contributed by atoms with E-state index in [-0.39, 0.29) is 37.0 Å². The van der Waals surface area contributed by atoms with E-state index >= 15 is 0 Å². The van der Waals surface area contributed by atoms with Gasteiger partial charge in [-0.15, -0.1) is 0 Å². The predicted octanol–water partition coefficient (Wildman–Crippen LogP) is 0.113. The molecule has 0 saturated heterocycles. The van der Waals surface area contributed by atoms with Crippen LogP contribution < -0.4 is 10.6 Å². The van der Waals surface area contributed by atoms with E-state index in [1.807, 2.05) is 0 Å². The van der Waals surface area contributed by atoms with Gasteiger partial charge in [-0.3, -0.25) is 9.59 Å². The fourth-order valence-electron chi connectivity index (χ4n) is 2.26. The van der Waals surface area contributed by atoms with Crippen LogP contribution in [0, 0.1) is 5.92 Å². The first-order chi connectivity index (χ1) is 10.1. The number of hydrogen-bond acceptors (Lipinski definition) is 4. The van der Waals surface area contributed by atoms with Crippen LogP contribution in [0.5, 0.6) is 0 Å². The number of carbonyl (C=O) groups is 2. The van der Waals surface area contributed by atoms with Gasteiger partial charge in [0.2, 0.25) is 11.8 Å². The van der Waals surface area contributed by atoms with Gasteiger partial charge < -0.3 is 20.5 Å². The molecule has 3 atom stereocenters. The maximum absolute atomic E-state index is 11.8. The second kappa shape index (κ2) is 7.56. The highest BCUT2D eigenvalue weighted by Crippen LogP contribution is 2.27. The van der Waals surface area contributed by atoms with Crippen molar-refractivity contribution in [3.05, 3.63) is 12.2 Å². The number of carbonyl (C=O) groups excluding carboxylic acids is 2. The smallest absolute Gasteiger partial charge is 0.222 e. The Balaban J connectivity index is 1.80. The Hall–Kier alpha value is -1.40. The van der Waals surface area contributed by atoms with Gasteiger partial charge in [0.25, 0.3) is 0 Å². The molecule has 0 unspecified atom stereocenters. The van der Waals surface area contributed by atoms with E-state index < -0.39 is 6.10 Å². The summed E-state index contributed by atoms with van der Waals surface area (Å²) < 4.78 is 5.67. The van der Waals surface area contributed by atoms with E-state index in [4.69, 9.17) is 4.74 Å². The van der Waals surface area contributed by atoms with E-state index in [9.17, 15) is 14.7 Å². The molecule has 0 radical (unpaired) electrons. The standard InChI is InChI=1S/C15H24N2O4/c1-2-14(19)17-12-6-5-11(21-13(12)9-18)7-15(20)16-8-10-3-4-10/h5-6,10-13,18H,2-4,7-9H2,1H3,(H,16,20)(H,17,19)/t11-,12-,13+/m1/s1. The molecular weight excluding hydrogens is 272 g/mol. The van der Waals surface area contributed by atoms with Crippen LogP contribution in [0.1, 0.15) is 32.6 Å². The summed E-state index contributed by atoms with van der Waals surface area (Å²) in [5.41, 5.74) is 0. The molecule has 2 amide bonds. The Morgan fingerprint density at radius 3 is 2.67 bits per heavy atom. The second-order valence-corrected chi connectivity index (χ2v) is 5.68. The zero-order valence-electron chi connectivity index (χ0n) is 12.4. The quantitative estimate of drug-likeness (QED) is 0.582. The molecule has 0 bridgehead atoms. The number of hydrogen-bond donors (Lipinski definition) is 3. The summed E-state index contributed by atoms with van der Waals surface area (Å²) in [5, 5.41) is 15.0. The number of rotatable bonds is 7. The van der Waals surface area contributed by atoms with Crippen molar-refractivity contribution >= 4 is 11.8 Å². The zero-order valence-corrected chi connectivity index (χ0v) is 12.4. The van der Waals surface area contributed by atoms with Crippen molar-refractivity contribution < 1.29 is 19.4 Å². The van der Waals surface area contributed by atoms with E-state index in [1.54, 1.807) is 19.1 Å². The summed E-state index contributed by atoms with van der Waals surface area (Å²) in [5.74, 6) is 0.521. The highest BCUT2D eigenvalue weighted by molar-refractivity contribution is 5.77. The van der Waals surface area contributed by atoms with Gasteiger partial charge in [0.1, 0.15) is 6.10 Å². The molecule has 6 heteroatoms. The maximum atomic E-state index is 11.8. The van der Waals surface area contributed by atoms with Crippen LogP contribution in [0.4, 0.5) is 0 Å². The number of aliphatic hydroxyl groups excluding tert-OH is 1. The van der Waals surface area contributed by atoms with Crippen molar-refractivity contribution in [1.82, 2.24) is 10.6 Å². The van der Waals surface area contributed by atoms with Gasteiger partial charge in [0, 0.05) is 13.0 Å². The molecule has 2 rings (SSSR count). The minimum absolute atomic E-state index is 0.0377. The Morgan fingerprint density at radius 1 is 1.29 bits per heavy atom. The molecule has 1 saturated carbocycles. The van der Waals surface area contributed by atoms with Crippen LogP contribution in [0.2, 0.25) is 0 Å². The first-order valence-corrected chi connectivity index (χ1v) is 7.63. The van der Waals surface area contributed by atoms with E-state index in [2.05, 4.69) is 10.6 Å². The molecule has 1 aliphatic heterocycles. The minimum atomic E-state index is -0.508. The van der Waals surface area contributed by atoms with Crippen LogP contribution >= 0.6 is 0 Å². The van der Waals surface area contributed by atoms with Crippen molar-refractivity contribution in [1.29, 1.82) is 0 Å². The Labute approximate surface area is 124 Å². The summed E-state index contributed by atoms with van der Waals surface area (Å²) in [6, 6.07) is -0.340. The molecule has 0 aromatic heterocycles. The molecule has 0 aromatic carbocycles. The van der Waals surface area contributed by atoms with Gasteiger partial charge in [-0.05, 0) is 18.8 Å². The topological polar surface area (TPSA) is 87.7 Å². The van der Waals surface area contributed by atoms with Crippen molar-refractivity contribution in [2.75, 3.05) is 13.2 Å². The average molecular weight is 296 g/mol. The van der Waals surface area contributed by atoms with Crippen LogP contribution in [0.25, 0.3) is 0 Å². The summed E-state index contributed by atoms with van der Waals surface area (Å²) >= 11 is 0. The first-order valence-electron chi connectivity index (χ1n) is 7.63. The Bertz CT molecular complexity index is 406. The molecule has 1 aliphatic carbocycles. The molecule has 0 aromatic rings. The third kappa shape index (κ3) is 5.13. The lowest BCUT2D eigenvalue weighted by atomic mass is 10.0. The van der Waals surface area contributed by atoms with E-state index in [0.717, 1.165) is 6.54 Å². The monoisotopic (exact) mass is 296 g/mol. The lowest BCUT2D eigenvalue weighted by molar-refractivity contribution is -0.128. The molecule has 3 N–H and O–H groups in total. The third-order valence-corrected chi connectivity index (χ3v) is 3.78. The maximum Gasteiger partial charge on any atom is 0.222 e. The molecule has 0 spiro atoms. The van der Waals surface area contributed by atoms with Crippen LogP contribution in [-0.4, -0.2) is 48.3 Å². The van der Waals surface area contributed by atoms with Gasteiger partial charge in [-0.25, -0.2) is 0 Å². The molecular formula is C15H24N2O4. The largest absolute Gasteiger partial charge is 0.394 e. The first kappa shape index (κ1) is 16.0. The summed E-state index contributed by atoms with van der Waals surface area (Å²) in [6.07, 6.45) is 5.75. The molecule has 2 aliphatic rings. The van der Waals surface area contributed by atoms with Crippen LogP contribution in [-0.2, 0) is 14.3 Å². The van der Waals surface area contributed by atoms with Crippen molar-refractivity contribution in [3.63, 3.8) is 0 Å². The molecule has 1 heterocycles. The van der Waals surface area contributed by atoms with Crippen molar-refractivity contribution in [2.45, 2.75) is 50.9 Å². The van der Waals surface area contributed by atoms with Gasteiger partial charge in [-0.1, -0.05) is 19.1 Å². The number of ether oxygens (including phenoxy) is 1. The Kier molecular flexibility index (Phi) is 5.76. The predicted molar refractivity (Wildman–Crippen MR) is 77.5 cm³/mol. The zero-order chi connectivity index (χ0) is 15.2. The summed E-state index contributed by atoms with van der Waals surface area (Å²) in [7, 11) is 0. The summed E-state index contributed by atoms with van der Waals surface area (Å²) in [4.78, 5) is 23.2. The molecule has 1 fully saturated rings. The number of amides is 2. The summed E-state index contributed by atoms with van der Waals surface area (Å²) in [6.45, 7) is 2.32. The second-order valence-electron chi connectivity index (χ2n) is 5.68. The molecule has 118 valence electrons. The van der Waals surface area contributed by atoms with Crippen molar-refractivity contribution in [3.8, 4) is 0 Å². The van der Waals surface area contributed by atoms with E-state index in [1.165, 1.54) is 12.8 Å². The third-order valence-electron chi connectivity index (χ3n) is 3.78. The fourth-order valence-corrected chi connectivity index (χ4v) is 2.26. The number of aliphatic hydroxyl groups is 1. The molecule has 6 nitrogen and oxygen atoms in total. The Morgan fingerprint density at radius 2 is 2.05 bits per heavy atom. The van der Waals surface area contributed by atoms with Crippen LogP contribution in [0.3, 0.4) is 0 Å². The van der Waals surface area contributed by atoms with Gasteiger partial charge in [0.05, 0.1) is 25.2 Å². The minimum Gasteiger partial charge on any atom is -0.394 e. The van der Waals surface area contributed by atoms with Gasteiger partial charge in [0.15, 0.2) is 0 Å². The van der Waals surface area contributed by atoms with Crippen molar-refractivity contribution in [2.24, 2.45) is 5.92 Å². The molecule has 21 heavy (non-hydrogen) atoms. The number of nitrogens with one attached hydrogen (secondary N) is 2. The highest BCUT2D eigenvalue weighted by atomic mass is 16.5. The lowest BCUT2D eigenvalue weighted by Gasteiger charge is -2.31. The lowest BCUT2D eigenvalue weighted by Crippen LogP contribution is -2.49. The normalized spacial score (nSPS) is 28.2. The van der Waals surface area contributed by atoms with Gasteiger partial charge in [-0.2, -0.15) is 0 Å². The fraction of sp³-hybridized carbons (Fsp3) is 0.733.